The third-order valence-electron chi connectivity index (χ3n) is 5.60. The molecule has 4 N–H and O–H groups in total. The molecule has 0 radical (unpaired) electrons. The van der Waals surface area contributed by atoms with Gasteiger partial charge in [-0.2, -0.15) is 0 Å². The van der Waals surface area contributed by atoms with E-state index < -0.39 is 0 Å². The Labute approximate surface area is 182 Å². The number of piperidine rings is 1. The monoisotopic (exact) mass is 419 g/mol. The number of benzene rings is 1. The minimum absolute atomic E-state index is 0.255. The summed E-state index contributed by atoms with van der Waals surface area (Å²) < 4.78 is 0. The summed E-state index contributed by atoms with van der Waals surface area (Å²) in [6, 6.07) is 11.5. The number of para-hydroxylation sites is 2. The van der Waals surface area contributed by atoms with E-state index in [-0.39, 0.29) is 11.7 Å². The number of aromatic nitrogens is 3. The van der Waals surface area contributed by atoms with E-state index >= 15 is 0 Å². The van der Waals surface area contributed by atoms with E-state index in [0.29, 0.717) is 11.5 Å². The lowest BCUT2D eigenvalue weighted by molar-refractivity contribution is 0.101. The summed E-state index contributed by atoms with van der Waals surface area (Å²) in [5, 5.41) is 3.02. The molecule has 31 heavy (non-hydrogen) atoms. The maximum absolute atomic E-state index is 12.9. The Bertz CT molecular complexity index is 1040. The molecule has 3 aromatic rings. The number of nitrogens with one attached hydrogen (secondary N) is 2. The zero-order valence-electron chi connectivity index (χ0n) is 18.0. The number of hydrogen-bond acceptors (Lipinski definition) is 6. The Hall–Kier alpha value is -3.39. The topological polar surface area (TPSA) is 103 Å². The van der Waals surface area contributed by atoms with Gasteiger partial charge in [-0.25, -0.2) is 9.97 Å². The third kappa shape index (κ3) is 5.03. The van der Waals surface area contributed by atoms with Gasteiger partial charge in [-0.1, -0.05) is 12.1 Å². The second kappa shape index (κ2) is 9.18. The maximum atomic E-state index is 12.9. The third-order valence-corrected chi connectivity index (χ3v) is 5.60. The number of carbonyl (C=O) groups excluding carboxylic acids is 1. The van der Waals surface area contributed by atoms with Crippen LogP contribution in [0, 0.1) is 5.92 Å². The van der Waals surface area contributed by atoms with Crippen molar-refractivity contribution in [2.45, 2.75) is 12.8 Å². The molecule has 1 aliphatic rings. The molecule has 1 aliphatic heterocycles. The SMILES string of the molecule is CN(C)CC1CCN(c2ccccc2NC(=O)c2nc(-c3ccnc(N)c3)c[nH]2)CC1. The number of pyridine rings is 1. The molecule has 4 rings (SSSR count). The highest BCUT2D eigenvalue weighted by molar-refractivity contribution is 6.04. The van der Waals surface area contributed by atoms with Crippen LogP contribution in [-0.4, -0.2) is 59.5 Å². The largest absolute Gasteiger partial charge is 0.384 e. The van der Waals surface area contributed by atoms with Gasteiger partial charge < -0.3 is 25.8 Å². The minimum Gasteiger partial charge on any atom is -0.384 e. The summed E-state index contributed by atoms with van der Waals surface area (Å²) in [5.74, 6) is 1.11. The van der Waals surface area contributed by atoms with Crippen molar-refractivity contribution in [2.75, 3.05) is 49.7 Å². The van der Waals surface area contributed by atoms with Gasteiger partial charge in [-0.15, -0.1) is 0 Å². The number of nitrogen functional groups attached to an aromatic ring is 1. The smallest absolute Gasteiger partial charge is 0.291 e. The molecule has 0 atom stereocenters. The molecule has 0 spiro atoms. The van der Waals surface area contributed by atoms with Crippen molar-refractivity contribution in [3.63, 3.8) is 0 Å². The predicted molar refractivity (Wildman–Crippen MR) is 124 cm³/mol. The summed E-state index contributed by atoms with van der Waals surface area (Å²) in [5.41, 5.74) is 9.05. The van der Waals surface area contributed by atoms with E-state index in [0.717, 1.165) is 55.3 Å². The lowest BCUT2D eigenvalue weighted by Gasteiger charge is -2.35. The molecule has 0 aliphatic carbocycles. The molecule has 1 aromatic carbocycles. The highest BCUT2D eigenvalue weighted by Crippen LogP contribution is 2.30. The molecule has 1 amide bonds. The van der Waals surface area contributed by atoms with E-state index in [1.165, 1.54) is 0 Å². The molecule has 0 unspecified atom stereocenters. The van der Waals surface area contributed by atoms with Gasteiger partial charge in [0.15, 0.2) is 5.82 Å². The molecular weight excluding hydrogens is 390 g/mol. The summed E-state index contributed by atoms with van der Waals surface area (Å²) in [6.07, 6.45) is 5.62. The fourth-order valence-corrected chi connectivity index (χ4v) is 4.10. The van der Waals surface area contributed by atoms with Crippen LogP contribution < -0.4 is 16.0 Å². The van der Waals surface area contributed by atoms with Crippen LogP contribution in [0.4, 0.5) is 17.2 Å². The van der Waals surface area contributed by atoms with Crippen LogP contribution in [0.25, 0.3) is 11.3 Å². The molecule has 1 fully saturated rings. The van der Waals surface area contributed by atoms with Crippen LogP contribution in [0.3, 0.4) is 0 Å². The minimum atomic E-state index is -0.275. The summed E-state index contributed by atoms with van der Waals surface area (Å²) >= 11 is 0. The zero-order chi connectivity index (χ0) is 21.8. The fraction of sp³-hybridized carbons (Fsp3) is 0.348. The Morgan fingerprint density at radius 1 is 1.26 bits per heavy atom. The van der Waals surface area contributed by atoms with E-state index in [1.54, 1.807) is 18.5 Å². The number of anilines is 3. The van der Waals surface area contributed by atoms with Gasteiger partial charge in [0.05, 0.1) is 17.1 Å². The number of rotatable bonds is 6. The van der Waals surface area contributed by atoms with Crippen molar-refractivity contribution in [3.8, 4) is 11.3 Å². The van der Waals surface area contributed by atoms with E-state index in [9.17, 15) is 4.79 Å². The first kappa shape index (κ1) is 20.9. The van der Waals surface area contributed by atoms with Gasteiger partial charge in [-0.3, -0.25) is 4.79 Å². The second-order valence-electron chi connectivity index (χ2n) is 8.27. The first-order valence-corrected chi connectivity index (χ1v) is 10.6. The Balaban J connectivity index is 1.45. The maximum Gasteiger partial charge on any atom is 0.291 e. The first-order valence-electron chi connectivity index (χ1n) is 10.6. The molecule has 2 aromatic heterocycles. The predicted octanol–water partition coefficient (Wildman–Crippen LogP) is 3.08. The van der Waals surface area contributed by atoms with Gasteiger partial charge in [0.2, 0.25) is 0 Å². The number of H-pyrrole nitrogens is 1. The number of carbonyl (C=O) groups is 1. The number of aromatic amines is 1. The van der Waals surface area contributed by atoms with Gasteiger partial charge in [0, 0.05) is 37.6 Å². The quantitative estimate of drug-likeness (QED) is 0.567. The first-order chi connectivity index (χ1) is 15.0. The van der Waals surface area contributed by atoms with E-state index in [1.807, 2.05) is 24.3 Å². The highest BCUT2D eigenvalue weighted by atomic mass is 16.2. The second-order valence-corrected chi connectivity index (χ2v) is 8.27. The Morgan fingerprint density at radius 3 is 2.77 bits per heavy atom. The average Bonchev–Trinajstić information content (AvgIpc) is 3.25. The lowest BCUT2D eigenvalue weighted by Crippen LogP contribution is -2.37. The van der Waals surface area contributed by atoms with Crippen molar-refractivity contribution in [1.29, 1.82) is 0 Å². The molecule has 8 heteroatoms. The summed E-state index contributed by atoms with van der Waals surface area (Å²) in [7, 11) is 4.25. The van der Waals surface area contributed by atoms with Gasteiger partial charge in [0.1, 0.15) is 5.82 Å². The van der Waals surface area contributed by atoms with Crippen LogP contribution in [-0.2, 0) is 0 Å². The molecule has 162 valence electrons. The number of nitrogens with two attached hydrogens (primary N) is 1. The molecular formula is C23H29N7O. The van der Waals surface area contributed by atoms with Gasteiger partial charge >= 0.3 is 0 Å². The van der Waals surface area contributed by atoms with Gasteiger partial charge in [0.25, 0.3) is 5.91 Å². The Morgan fingerprint density at radius 2 is 2.03 bits per heavy atom. The molecule has 1 saturated heterocycles. The number of nitrogens with zero attached hydrogens (tertiary/aromatic N) is 4. The normalized spacial score (nSPS) is 14.7. The van der Waals surface area contributed by atoms with Crippen LogP contribution in [0.2, 0.25) is 0 Å². The van der Waals surface area contributed by atoms with Crippen molar-refractivity contribution >= 4 is 23.1 Å². The standard InChI is InChI=1S/C23H29N7O/c1-29(2)15-16-8-11-30(12-9-16)20-6-4-3-5-18(20)28-23(31)22-26-14-19(27-22)17-7-10-25-21(24)13-17/h3-7,10,13-14,16H,8-9,11-12,15H2,1-2H3,(H2,24,25)(H,26,27)(H,28,31). The average molecular weight is 420 g/mol. The lowest BCUT2D eigenvalue weighted by atomic mass is 9.96. The number of imidazole rings is 1. The number of amides is 1. The van der Waals surface area contributed by atoms with Gasteiger partial charge in [-0.05, 0) is 57.1 Å². The molecule has 0 bridgehead atoms. The van der Waals surface area contributed by atoms with E-state index in [4.69, 9.17) is 5.73 Å². The summed E-state index contributed by atoms with van der Waals surface area (Å²) in [4.78, 5) is 28.9. The van der Waals surface area contributed by atoms with Crippen LogP contribution >= 0.6 is 0 Å². The van der Waals surface area contributed by atoms with Crippen LogP contribution in [0.5, 0.6) is 0 Å². The van der Waals surface area contributed by atoms with Crippen molar-refractivity contribution in [2.24, 2.45) is 5.92 Å². The number of hydrogen-bond donors (Lipinski definition) is 3. The Kier molecular flexibility index (Phi) is 6.18. The van der Waals surface area contributed by atoms with E-state index in [2.05, 4.69) is 50.2 Å². The molecule has 3 heterocycles. The van der Waals surface area contributed by atoms with Crippen molar-refractivity contribution in [3.05, 3.63) is 54.6 Å². The molecule has 8 nitrogen and oxygen atoms in total. The molecule has 0 saturated carbocycles. The highest BCUT2D eigenvalue weighted by Gasteiger charge is 2.22. The summed E-state index contributed by atoms with van der Waals surface area (Å²) in [6.45, 7) is 3.09. The van der Waals surface area contributed by atoms with Crippen molar-refractivity contribution < 1.29 is 4.79 Å². The zero-order valence-corrected chi connectivity index (χ0v) is 18.0. The fourth-order valence-electron chi connectivity index (χ4n) is 4.10. The van der Waals surface area contributed by atoms with Crippen LogP contribution in [0.1, 0.15) is 23.5 Å². The van der Waals surface area contributed by atoms with Crippen molar-refractivity contribution in [1.82, 2.24) is 19.9 Å². The van der Waals surface area contributed by atoms with Crippen LogP contribution in [0.15, 0.2) is 48.8 Å².